The van der Waals surface area contributed by atoms with Crippen LogP contribution in [-0.2, 0) is 26.2 Å². The van der Waals surface area contributed by atoms with Crippen LogP contribution in [0.2, 0.25) is 0 Å². The Morgan fingerprint density at radius 1 is 1.33 bits per heavy atom. The maximum atomic E-state index is 12.0. The van der Waals surface area contributed by atoms with Crippen molar-refractivity contribution in [1.82, 2.24) is 4.31 Å². The van der Waals surface area contributed by atoms with Crippen LogP contribution in [0.1, 0.15) is 5.56 Å². The lowest BCUT2D eigenvalue weighted by atomic mass is 10.2. The summed E-state index contributed by atoms with van der Waals surface area (Å²) in [5.41, 5.74) is 0.845. The monoisotopic (exact) mass is 273 g/mol. The van der Waals surface area contributed by atoms with Crippen molar-refractivity contribution < 1.29 is 23.1 Å². The molecule has 0 aliphatic carbocycles. The summed E-state index contributed by atoms with van der Waals surface area (Å²) in [7, 11) is -0.978. The standard InChI is InChI=1S/C11H15NO5S/c1-12(7-11(13)14)18(15,16)10-5-3-9(4-6-10)8-17-2/h3-6H,7-8H2,1-2H3,(H,13,14). The van der Waals surface area contributed by atoms with Crippen molar-refractivity contribution in [2.45, 2.75) is 11.5 Å². The van der Waals surface area contributed by atoms with Gasteiger partial charge in [0, 0.05) is 14.2 Å². The van der Waals surface area contributed by atoms with E-state index in [1.165, 1.54) is 19.2 Å². The molecule has 0 bridgehead atoms. The van der Waals surface area contributed by atoms with Crippen molar-refractivity contribution in [2.24, 2.45) is 0 Å². The van der Waals surface area contributed by atoms with Gasteiger partial charge in [-0.05, 0) is 17.7 Å². The maximum Gasteiger partial charge on any atom is 0.318 e. The van der Waals surface area contributed by atoms with Crippen molar-refractivity contribution in [3.05, 3.63) is 29.8 Å². The van der Waals surface area contributed by atoms with Gasteiger partial charge in [0.15, 0.2) is 0 Å². The van der Waals surface area contributed by atoms with Gasteiger partial charge < -0.3 is 9.84 Å². The lowest BCUT2D eigenvalue weighted by molar-refractivity contribution is -0.137. The number of carboxylic acid groups (broad SMARTS) is 1. The number of sulfonamides is 1. The Morgan fingerprint density at radius 3 is 2.33 bits per heavy atom. The van der Waals surface area contributed by atoms with Crippen LogP contribution < -0.4 is 0 Å². The first kappa shape index (κ1) is 14.6. The van der Waals surface area contributed by atoms with Gasteiger partial charge >= 0.3 is 5.97 Å². The number of likely N-dealkylation sites (N-methyl/N-ethyl adjacent to an activating group) is 1. The quantitative estimate of drug-likeness (QED) is 0.817. The molecule has 18 heavy (non-hydrogen) atoms. The van der Waals surface area contributed by atoms with Crippen LogP contribution in [0.4, 0.5) is 0 Å². The first-order valence-electron chi connectivity index (χ1n) is 5.14. The largest absolute Gasteiger partial charge is 0.480 e. The van der Waals surface area contributed by atoms with Crippen LogP contribution in [0.25, 0.3) is 0 Å². The van der Waals surface area contributed by atoms with E-state index in [4.69, 9.17) is 9.84 Å². The van der Waals surface area contributed by atoms with Crippen molar-refractivity contribution in [3.63, 3.8) is 0 Å². The normalized spacial score (nSPS) is 11.7. The summed E-state index contributed by atoms with van der Waals surface area (Å²) in [4.78, 5) is 10.6. The highest BCUT2D eigenvalue weighted by Crippen LogP contribution is 2.15. The van der Waals surface area contributed by atoms with Gasteiger partial charge in [0.25, 0.3) is 0 Å². The Balaban J connectivity index is 2.94. The molecule has 100 valence electrons. The zero-order chi connectivity index (χ0) is 13.8. The van der Waals surface area contributed by atoms with Gasteiger partial charge in [-0.1, -0.05) is 12.1 Å². The molecule has 0 saturated carbocycles. The predicted octanol–water partition coefficient (Wildman–Crippen LogP) is 0.538. The van der Waals surface area contributed by atoms with Gasteiger partial charge in [0.1, 0.15) is 6.54 Å². The molecule has 0 radical (unpaired) electrons. The third-order valence-corrected chi connectivity index (χ3v) is 4.12. The summed E-state index contributed by atoms with van der Waals surface area (Å²) in [5.74, 6) is -1.20. The summed E-state index contributed by atoms with van der Waals surface area (Å²) in [5, 5.41) is 8.59. The molecule has 0 saturated heterocycles. The minimum atomic E-state index is -3.75. The molecule has 6 nitrogen and oxygen atoms in total. The molecule has 0 aliphatic heterocycles. The molecule has 0 aromatic heterocycles. The van der Waals surface area contributed by atoms with Crippen molar-refractivity contribution >= 4 is 16.0 Å². The number of rotatable bonds is 6. The zero-order valence-electron chi connectivity index (χ0n) is 10.2. The van der Waals surface area contributed by atoms with Crippen LogP contribution in [0.15, 0.2) is 29.2 Å². The molecule has 1 aromatic rings. The predicted molar refractivity (Wildman–Crippen MR) is 64.6 cm³/mol. The molecular weight excluding hydrogens is 258 g/mol. The average molecular weight is 273 g/mol. The fourth-order valence-electron chi connectivity index (χ4n) is 1.38. The van der Waals surface area contributed by atoms with E-state index in [2.05, 4.69) is 0 Å². The van der Waals surface area contributed by atoms with Crippen LogP contribution >= 0.6 is 0 Å². The Morgan fingerprint density at radius 2 is 1.89 bits per heavy atom. The Bertz CT molecular complexity index is 509. The lowest BCUT2D eigenvalue weighted by Gasteiger charge is -2.15. The first-order valence-corrected chi connectivity index (χ1v) is 6.58. The van der Waals surface area contributed by atoms with Gasteiger partial charge in [-0.25, -0.2) is 8.42 Å². The van der Waals surface area contributed by atoms with Crippen LogP contribution in [0.3, 0.4) is 0 Å². The second-order valence-electron chi connectivity index (χ2n) is 3.73. The molecule has 0 unspecified atom stereocenters. The summed E-state index contributed by atoms with van der Waals surface area (Å²) >= 11 is 0. The van der Waals surface area contributed by atoms with Crippen molar-refractivity contribution in [1.29, 1.82) is 0 Å². The third kappa shape index (κ3) is 3.52. The van der Waals surface area contributed by atoms with Crippen LogP contribution in [-0.4, -0.2) is 44.5 Å². The highest BCUT2D eigenvalue weighted by molar-refractivity contribution is 7.89. The number of carboxylic acids is 1. The Kier molecular flexibility index (Phi) is 4.83. The van der Waals surface area contributed by atoms with E-state index >= 15 is 0 Å². The molecule has 1 N–H and O–H groups in total. The molecule has 7 heteroatoms. The second kappa shape index (κ2) is 5.94. The number of nitrogens with zero attached hydrogens (tertiary/aromatic N) is 1. The highest BCUT2D eigenvalue weighted by atomic mass is 32.2. The van der Waals surface area contributed by atoms with Crippen LogP contribution in [0, 0.1) is 0 Å². The summed E-state index contributed by atoms with van der Waals surface area (Å²) in [6.45, 7) is -0.173. The maximum absolute atomic E-state index is 12.0. The molecule has 0 heterocycles. The first-order chi connectivity index (χ1) is 8.37. The van der Waals surface area contributed by atoms with Gasteiger partial charge in [-0.15, -0.1) is 0 Å². The number of hydrogen-bond acceptors (Lipinski definition) is 4. The van der Waals surface area contributed by atoms with E-state index in [-0.39, 0.29) is 4.90 Å². The highest BCUT2D eigenvalue weighted by Gasteiger charge is 2.22. The summed E-state index contributed by atoms with van der Waals surface area (Å²) in [6, 6.07) is 6.13. The number of ether oxygens (including phenoxy) is 1. The molecule has 1 rings (SSSR count). The molecule has 0 atom stereocenters. The SMILES string of the molecule is COCc1ccc(S(=O)(=O)N(C)CC(=O)O)cc1. The number of benzene rings is 1. The van der Waals surface area contributed by atoms with E-state index in [0.29, 0.717) is 6.61 Å². The average Bonchev–Trinajstić information content (AvgIpc) is 2.29. The number of aliphatic carboxylic acids is 1. The van der Waals surface area contributed by atoms with Gasteiger partial charge in [0.05, 0.1) is 11.5 Å². The van der Waals surface area contributed by atoms with E-state index in [1.807, 2.05) is 0 Å². The zero-order valence-corrected chi connectivity index (χ0v) is 11.0. The lowest BCUT2D eigenvalue weighted by Crippen LogP contribution is -2.32. The topological polar surface area (TPSA) is 83.9 Å². The number of hydrogen-bond donors (Lipinski definition) is 1. The summed E-state index contributed by atoms with van der Waals surface area (Å²) < 4.78 is 29.6. The number of carbonyl (C=O) groups is 1. The van der Waals surface area contributed by atoms with E-state index < -0.39 is 22.5 Å². The molecular formula is C11H15NO5S. The van der Waals surface area contributed by atoms with Gasteiger partial charge in [-0.2, -0.15) is 4.31 Å². The van der Waals surface area contributed by atoms with Crippen molar-refractivity contribution in [2.75, 3.05) is 20.7 Å². The van der Waals surface area contributed by atoms with E-state index in [1.54, 1.807) is 19.2 Å². The van der Waals surface area contributed by atoms with Crippen LogP contribution in [0.5, 0.6) is 0 Å². The van der Waals surface area contributed by atoms with Gasteiger partial charge in [0.2, 0.25) is 10.0 Å². The molecule has 0 fully saturated rings. The van der Waals surface area contributed by atoms with Gasteiger partial charge in [-0.3, -0.25) is 4.79 Å². The third-order valence-electron chi connectivity index (χ3n) is 2.30. The van der Waals surface area contributed by atoms with Crippen molar-refractivity contribution in [3.8, 4) is 0 Å². The summed E-state index contributed by atoms with van der Waals surface area (Å²) in [6.07, 6.45) is 0. The molecule has 0 amide bonds. The Hall–Kier alpha value is -1.44. The fraction of sp³-hybridized carbons (Fsp3) is 0.364. The fourth-order valence-corrected chi connectivity index (χ4v) is 2.50. The number of methoxy groups -OCH3 is 1. The second-order valence-corrected chi connectivity index (χ2v) is 5.78. The molecule has 0 aliphatic rings. The van der Waals surface area contributed by atoms with E-state index in [9.17, 15) is 13.2 Å². The molecule has 0 spiro atoms. The minimum Gasteiger partial charge on any atom is -0.480 e. The minimum absolute atomic E-state index is 0.0612. The molecule has 1 aromatic carbocycles. The van der Waals surface area contributed by atoms with E-state index in [0.717, 1.165) is 9.87 Å². The Labute approximate surface area is 106 Å². The smallest absolute Gasteiger partial charge is 0.318 e.